The molecule has 1 aromatic carbocycles. The lowest BCUT2D eigenvalue weighted by atomic mass is 10.1. The zero-order valence-corrected chi connectivity index (χ0v) is 9.33. The van der Waals surface area contributed by atoms with Gasteiger partial charge in [-0.1, -0.05) is 6.07 Å². The first kappa shape index (κ1) is 10.5. The number of pyridine rings is 1. The largest absolute Gasteiger partial charge is 0.507 e. The zero-order chi connectivity index (χ0) is 12.5. The van der Waals surface area contributed by atoms with Crippen LogP contribution in [0, 0.1) is 0 Å². The van der Waals surface area contributed by atoms with Gasteiger partial charge in [-0.3, -0.25) is 9.78 Å². The molecule has 18 heavy (non-hydrogen) atoms. The van der Waals surface area contributed by atoms with Gasteiger partial charge < -0.3 is 9.52 Å². The summed E-state index contributed by atoms with van der Waals surface area (Å²) in [7, 11) is 0. The van der Waals surface area contributed by atoms with Gasteiger partial charge in [0.15, 0.2) is 5.43 Å². The summed E-state index contributed by atoms with van der Waals surface area (Å²) in [6.45, 7) is 0. The second kappa shape index (κ2) is 4.00. The number of aromatic nitrogens is 1. The van der Waals surface area contributed by atoms with Crippen LogP contribution in [0.5, 0.6) is 5.75 Å². The molecule has 0 aliphatic rings. The molecule has 1 N–H and O–H groups in total. The number of hydrogen-bond acceptors (Lipinski definition) is 4. The summed E-state index contributed by atoms with van der Waals surface area (Å²) in [6.07, 6.45) is 3.25. The van der Waals surface area contributed by atoms with Crippen LogP contribution in [0.3, 0.4) is 0 Å². The molecule has 0 aliphatic heterocycles. The number of phenols is 1. The second-order valence-corrected chi connectivity index (χ2v) is 3.86. The highest BCUT2D eigenvalue weighted by Crippen LogP contribution is 2.25. The van der Waals surface area contributed by atoms with E-state index in [1.54, 1.807) is 36.7 Å². The molecule has 0 saturated heterocycles. The van der Waals surface area contributed by atoms with E-state index in [2.05, 4.69) is 4.98 Å². The summed E-state index contributed by atoms with van der Waals surface area (Å²) in [4.78, 5) is 15.9. The molecule has 3 aromatic rings. The van der Waals surface area contributed by atoms with Gasteiger partial charge in [0, 0.05) is 24.0 Å². The van der Waals surface area contributed by atoms with Gasteiger partial charge in [-0.05, 0) is 24.3 Å². The van der Waals surface area contributed by atoms with Crippen LogP contribution in [0.15, 0.2) is 58.0 Å². The van der Waals surface area contributed by atoms with Gasteiger partial charge in [0.05, 0.1) is 0 Å². The van der Waals surface area contributed by atoms with E-state index in [0.717, 1.165) is 5.56 Å². The van der Waals surface area contributed by atoms with Crippen molar-refractivity contribution in [3.05, 3.63) is 59.0 Å². The highest BCUT2D eigenvalue weighted by Gasteiger charge is 2.09. The van der Waals surface area contributed by atoms with Crippen molar-refractivity contribution in [2.75, 3.05) is 0 Å². The van der Waals surface area contributed by atoms with Crippen molar-refractivity contribution < 1.29 is 9.52 Å². The van der Waals surface area contributed by atoms with Crippen molar-refractivity contribution in [2.24, 2.45) is 0 Å². The molecule has 0 amide bonds. The maximum Gasteiger partial charge on any atom is 0.197 e. The molecule has 0 spiro atoms. The van der Waals surface area contributed by atoms with Crippen LogP contribution in [0.25, 0.3) is 22.3 Å². The number of nitrogens with zero attached hydrogens (tertiary/aromatic N) is 1. The first-order valence-electron chi connectivity index (χ1n) is 5.42. The fourth-order valence-electron chi connectivity index (χ4n) is 1.85. The molecule has 4 heteroatoms. The Morgan fingerprint density at radius 2 is 1.89 bits per heavy atom. The van der Waals surface area contributed by atoms with Crippen molar-refractivity contribution in [1.29, 1.82) is 0 Å². The summed E-state index contributed by atoms with van der Waals surface area (Å²) in [5.41, 5.74) is 0.878. The van der Waals surface area contributed by atoms with Gasteiger partial charge in [-0.2, -0.15) is 0 Å². The van der Waals surface area contributed by atoms with Crippen LogP contribution in [0.4, 0.5) is 0 Å². The van der Waals surface area contributed by atoms with Crippen molar-refractivity contribution in [3.63, 3.8) is 0 Å². The Kier molecular flexibility index (Phi) is 2.34. The molecule has 0 aliphatic carbocycles. The Hall–Kier alpha value is -2.62. The predicted molar refractivity (Wildman–Crippen MR) is 67.4 cm³/mol. The smallest absolute Gasteiger partial charge is 0.197 e. The van der Waals surface area contributed by atoms with E-state index in [-0.39, 0.29) is 16.6 Å². The Morgan fingerprint density at radius 1 is 1.11 bits per heavy atom. The first-order valence-corrected chi connectivity index (χ1v) is 5.42. The molecule has 0 saturated carbocycles. The lowest BCUT2D eigenvalue weighted by molar-refractivity contribution is 0.479. The average molecular weight is 239 g/mol. The van der Waals surface area contributed by atoms with E-state index in [9.17, 15) is 9.90 Å². The third-order valence-corrected chi connectivity index (χ3v) is 2.70. The average Bonchev–Trinajstić information content (AvgIpc) is 2.39. The van der Waals surface area contributed by atoms with E-state index in [0.29, 0.717) is 11.3 Å². The molecule has 0 atom stereocenters. The van der Waals surface area contributed by atoms with Gasteiger partial charge in [0.1, 0.15) is 22.5 Å². The molecule has 2 aromatic heterocycles. The summed E-state index contributed by atoms with van der Waals surface area (Å²) < 4.78 is 5.62. The van der Waals surface area contributed by atoms with Crippen LogP contribution in [-0.4, -0.2) is 10.1 Å². The summed E-state index contributed by atoms with van der Waals surface area (Å²) >= 11 is 0. The first-order chi connectivity index (χ1) is 8.75. The predicted octanol–water partition coefficient (Wildman–Crippen LogP) is 2.56. The molecule has 0 radical (unpaired) electrons. The van der Waals surface area contributed by atoms with Crippen molar-refractivity contribution in [3.8, 4) is 17.1 Å². The topological polar surface area (TPSA) is 63.3 Å². The third kappa shape index (κ3) is 1.64. The van der Waals surface area contributed by atoms with Gasteiger partial charge in [0.2, 0.25) is 0 Å². The van der Waals surface area contributed by atoms with Gasteiger partial charge >= 0.3 is 0 Å². The molecular weight excluding hydrogens is 230 g/mol. The third-order valence-electron chi connectivity index (χ3n) is 2.70. The minimum absolute atomic E-state index is 0.0671. The number of phenolic OH excluding ortho intramolecular Hbond substituents is 1. The monoisotopic (exact) mass is 239 g/mol. The summed E-state index contributed by atoms with van der Waals surface area (Å²) in [5, 5.41) is 9.85. The van der Waals surface area contributed by atoms with Crippen LogP contribution >= 0.6 is 0 Å². The fourth-order valence-corrected chi connectivity index (χ4v) is 1.85. The number of aromatic hydroxyl groups is 1. The number of benzene rings is 1. The summed E-state index contributed by atoms with van der Waals surface area (Å²) in [5.74, 6) is 0.392. The maximum absolute atomic E-state index is 12.0. The van der Waals surface area contributed by atoms with E-state index in [1.165, 1.54) is 12.1 Å². The Morgan fingerprint density at radius 3 is 2.67 bits per heavy atom. The van der Waals surface area contributed by atoms with Crippen molar-refractivity contribution in [1.82, 2.24) is 4.98 Å². The molecule has 0 unspecified atom stereocenters. The highest BCUT2D eigenvalue weighted by atomic mass is 16.3. The molecule has 4 nitrogen and oxygen atoms in total. The molecule has 2 heterocycles. The molecule has 0 fully saturated rings. The minimum Gasteiger partial charge on any atom is -0.507 e. The van der Waals surface area contributed by atoms with E-state index in [4.69, 9.17) is 4.42 Å². The van der Waals surface area contributed by atoms with Crippen molar-refractivity contribution >= 4 is 11.0 Å². The minimum atomic E-state index is -0.263. The number of fused-ring (bicyclic) bond motifs is 1. The Labute approximate surface area is 102 Å². The molecule has 0 bridgehead atoms. The van der Waals surface area contributed by atoms with Gasteiger partial charge in [-0.15, -0.1) is 0 Å². The SMILES string of the molecule is O=c1cc(-c2ccncc2)oc2cccc(O)c12. The van der Waals surface area contributed by atoms with Gasteiger partial charge in [0.25, 0.3) is 0 Å². The normalized spacial score (nSPS) is 10.7. The maximum atomic E-state index is 12.0. The second-order valence-electron chi connectivity index (χ2n) is 3.86. The lowest BCUT2D eigenvalue weighted by Crippen LogP contribution is -2.00. The van der Waals surface area contributed by atoms with Crippen LogP contribution < -0.4 is 5.43 Å². The van der Waals surface area contributed by atoms with Crippen LogP contribution in [0.2, 0.25) is 0 Å². The van der Waals surface area contributed by atoms with E-state index >= 15 is 0 Å². The highest BCUT2D eigenvalue weighted by molar-refractivity contribution is 5.84. The molecule has 88 valence electrons. The fraction of sp³-hybridized carbons (Fsp3) is 0. The standard InChI is InChI=1S/C14H9NO3/c16-10-2-1-3-12-14(10)11(17)8-13(18-12)9-4-6-15-7-5-9/h1-8,16H. The van der Waals surface area contributed by atoms with Crippen molar-refractivity contribution in [2.45, 2.75) is 0 Å². The van der Waals surface area contributed by atoms with Crippen LogP contribution in [0.1, 0.15) is 0 Å². The molecular formula is C14H9NO3. The lowest BCUT2D eigenvalue weighted by Gasteiger charge is -2.03. The Balaban J connectivity index is 2.33. The van der Waals surface area contributed by atoms with E-state index in [1.807, 2.05) is 0 Å². The van der Waals surface area contributed by atoms with E-state index < -0.39 is 0 Å². The number of rotatable bonds is 1. The summed E-state index contributed by atoms with van der Waals surface area (Å²) in [6, 6.07) is 9.64. The zero-order valence-electron chi connectivity index (χ0n) is 9.33. The van der Waals surface area contributed by atoms with Gasteiger partial charge in [-0.25, -0.2) is 0 Å². The quantitative estimate of drug-likeness (QED) is 0.708. The Bertz CT molecular complexity index is 763. The molecule has 3 rings (SSSR count). The number of hydrogen-bond donors (Lipinski definition) is 1. The van der Waals surface area contributed by atoms with Crippen LogP contribution in [-0.2, 0) is 0 Å².